The molecule has 0 saturated carbocycles. The van der Waals surface area contributed by atoms with Crippen LogP contribution in [0.1, 0.15) is 150 Å². The van der Waals surface area contributed by atoms with E-state index < -0.39 is 16.6 Å². The van der Waals surface area contributed by atoms with Crippen LogP contribution in [0.4, 0.5) is 0 Å². The molecule has 1 aliphatic carbocycles. The summed E-state index contributed by atoms with van der Waals surface area (Å²) in [6, 6.07) is 17.8. The number of ketones is 2. The summed E-state index contributed by atoms with van der Waals surface area (Å²) in [6.07, 6.45) is 13.7. The van der Waals surface area contributed by atoms with Crippen LogP contribution in [0.25, 0.3) is 0 Å². The quantitative estimate of drug-likeness (QED) is 0.103. The van der Waals surface area contributed by atoms with Gasteiger partial charge in [-0.2, -0.15) is 0 Å². The molecule has 44 heavy (non-hydrogen) atoms. The topological polar surface area (TPSA) is 52.6 Å². The lowest BCUT2D eigenvalue weighted by atomic mass is 9.83. The van der Waals surface area contributed by atoms with Crippen LogP contribution in [0, 0.1) is 0 Å². The van der Waals surface area contributed by atoms with Gasteiger partial charge < -0.3 is 8.85 Å². The summed E-state index contributed by atoms with van der Waals surface area (Å²) >= 11 is 0. The lowest BCUT2D eigenvalue weighted by molar-refractivity contribution is 0.0977. The van der Waals surface area contributed by atoms with Crippen molar-refractivity contribution in [1.82, 2.24) is 0 Å². The van der Waals surface area contributed by atoms with Gasteiger partial charge in [-0.15, -0.1) is 0 Å². The maximum atomic E-state index is 14.4. The van der Waals surface area contributed by atoms with Gasteiger partial charge >= 0.3 is 0 Å². The first-order chi connectivity index (χ1) is 21.3. The van der Waals surface area contributed by atoms with Gasteiger partial charge in [-0.25, -0.2) is 0 Å². The molecule has 0 radical (unpaired) electrons. The number of carbonyl (C=O) groups is 2. The van der Waals surface area contributed by atoms with Crippen molar-refractivity contribution in [3.05, 3.63) is 58.7 Å². The summed E-state index contributed by atoms with van der Waals surface area (Å²) in [4.78, 5) is 28.3. The van der Waals surface area contributed by atoms with Crippen LogP contribution in [0.3, 0.4) is 0 Å². The van der Waals surface area contributed by atoms with E-state index in [-0.39, 0.29) is 11.6 Å². The number of hydrogen-bond donors (Lipinski definition) is 0. The van der Waals surface area contributed by atoms with Gasteiger partial charge in [-0.3, -0.25) is 9.59 Å². The molecule has 3 rings (SSSR count). The third kappa shape index (κ3) is 8.96. The Kier molecular flexibility index (Phi) is 14.9. The van der Waals surface area contributed by atoms with Crippen LogP contribution >= 0.6 is 0 Å². The standard InChI is InChI=1S/C38H60O4Si2/c1-7-13-25-43(26-14-8-2,27-15-9-3)41-34-24-23-33-35(37(40)32-22-20-19-21-31(32)36(33)39)38(34)42-44(28-16-10-4,29-17-11-5)30-18-12-6/h19-24H,7-18,25-30H2,1-6H3. The van der Waals surface area contributed by atoms with Crippen molar-refractivity contribution in [3.8, 4) is 11.5 Å². The number of hydrogen-bond acceptors (Lipinski definition) is 4. The molecule has 0 fully saturated rings. The molecule has 6 heteroatoms. The fraction of sp³-hybridized carbons (Fsp3) is 0.632. The molecule has 0 spiro atoms. The van der Waals surface area contributed by atoms with Crippen molar-refractivity contribution in [2.75, 3.05) is 0 Å². The van der Waals surface area contributed by atoms with E-state index in [1.165, 1.54) is 0 Å². The maximum Gasteiger partial charge on any atom is 0.251 e. The van der Waals surface area contributed by atoms with Gasteiger partial charge in [0.2, 0.25) is 0 Å². The molecular formula is C38H60O4Si2. The van der Waals surface area contributed by atoms with Crippen LogP contribution in [0.5, 0.6) is 11.5 Å². The summed E-state index contributed by atoms with van der Waals surface area (Å²) in [5.41, 5.74) is 1.91. The summed E-state index contributed by atoms with van der Waals surface area (Å²) in [7, 11) is -4.51. The molecule has 0 aliphatic heterocycles. The van der Waals surface area contributed by atoms with Crippen LogP contribution in [0.2, 0.25) is 36.3 Å². The Hall–Kier alpha value is -2.19. The predicted molar refractivity (Wildman–Crippen MR) is 191 cm³/mol. The average Bonchev–Trinajstić information content (AvgIpc) is 3.05. The number of fused-ring (bicyclic) bond motifs is 2. The van der Waals surface area contributed by atoms with Crippen molar-refractivity contribution < 1.29 is 18.4 Å². The smallest absolute Gasteiger partial charge is 0.251 e. The molecule has 0 heterocycles. The van der Waals surface area contributed by atoms with Gasteiger partial charge in [0.1, 0.15) is 5.75 Å². The van der Waals surface area contributed by atoms with Gasteiger partial charge in [0.25, 0.3) is 16.6 Å². The first-order valence-electron chi connectivity index (χ1n) is 18.1. The summed E-state index contributed by atoms with van der Waals surface area (Å²) < 4.78 is 14.9. The Morgan fingerprint density at radius 1 is 0.477 bits per heavy atom. The molecule has 0 aromatic heterocycles. The molecule has 4 nitrogen and oxygen atoms in total. The second-order valence-electron chi connectivity index (χ2n) is 13.2. The highest BCUT2D eigenvalue weighted by molar-refractivity contribution is 6.75. The number of rotatable bonds is 22. The van der Waals surface area contributed by atoms with Crippen LogP contribution in [0.15, 0.2) is 36.4 Å². The highest BCUT2D eigenvalue weighted by atomic mass is 28.4. The second kappa shape index (κ2) is 18.1. The Morgan fingerprint density at radius 2 is 0.864 bits per heavy atom. The SMILES string of the molecule is CCCC[Si](CCCC)(CCCC)Oc1ccc2c(c1O[Si](CCCC)(CCCC)CCCC)C(=O)c1ccccc1C2=O. The van der Waals surface area contributed by atoms with E-state index >= 15 is 0 Å². The van der Waals surface area contributed by atoms with Crippen molar-refractivity contribution in [2.24, 2.45) is 0 Å². The van der Waals surface area contributed by atoms with E-state index in [9.17, 15) is 9.59 Å². The fourth-order valence-electron chi connectivity index (χ4n) is 6.82. The average molecular weight is 637 g/mol. The second-order valence-corrected chi connectivity index (χ2v) is 21.4. The molecule has 0 amide bonds. The van der Waals surface area contributed by atoms with E-state index in [1.807, 2.05) is 24.3 Å². The maximum absolute atomic E-state index is 14.4. The normalized spacial score (nSPS) is 13.1. The Bertz CT molecular complexity index is 1160. The lowest BCUT2D eigenvalue weighted by Crippen LogP contribution is -2.44. The largest absolute Gasteiger partial charge is 0.541 e. The molecule has 1 aliphatic rings. The Balaban J connectivity index is 2.27. The van der Waals surface area contributed by atoms with Gasteiger partial charge in [0, 0.05) is 16.7 Å². The highest BCUT2D eigenvalue weighted by Crippen LogP contribution is 2.45. The first-order valence-corrected chi connectivity index (χ1v) is 23.1. The van der Waals surface area contributed by atoms with Crippen molar-refractivity contribution in [2.45, 2.75) is 155 Å². The van der Waals surface area contributed by atoms with Gasteiger partial charge in [0.15, 0.2) is 17.3 Å². The summed E-state index contributed by atoms with van der Waals surface area (Å²) in [6.45, 7) is 13.6. The molecule has 2 aromatic rings. The Labute approximate surface area is 271 Å². The minimum absolute atomic E-state index is 0.0824. The summed E-state index contributed by atoms with van der Waals surface area (Å²) in [5, 5.41) is 0. The number of unbranched alkanes of at least 4 members (excludes halogenated alkanes) is 6. The minimum atomic E-state index is -2.31. The highest BCUT2D eigenvalue weighted by Gasteiger charge is 2.42. The third-order valence-electron chi connectivity index (χ3n) is 9.57. The number of carbonyl (C=O) groups excluding carboxylic acids is 2. The zero-order valence-corrected chi connectivity index (χ0v) is 30.8. The van der Waals surface area contributed by atoms with Crippen LogP contribution < -0.4 is 8.85 Å². The van der Waals surface area contributed by atoms with Gasteiger partial charge in [0.05, 0.1) is 5.56 Å². The van der Waals surface area contributed by atoms with Crippen LogP contribution in [-0.4, -0.2) is 28.2 Å². The molecule has 244 valence electrons. The molecular weight excluding hydrogens is 577 g/mol. The molecule has 0 atom stereocenters. The number of benzene rings is 2. The molecule has 0 bridgehead atoms. The first kappa shape index (κ1) is 36.3. The van der Waals surface area contributed by atoms with Crippen molar-refractivity contribution in [3.63, 3.8) is 0 Å². The van der Waals surface area contributed by atoms with Crippen molar-refractivity contribution >= 4 is 28.2 Å². The fourth-order valence-corrected chi connectivity index (χ4v) is 16.2. The zero-order valence-electron chi connectivity index (χ0n) is 28.8. The molecule has 2 aromatic carbocycles. The van der Waals surface area contributed by atoms with E-state index in [2.05, 4.69) is 41.5 Å². The van der Waals surface area contributed by atoms with E-state index in [1.54, 1.807) is 12.1 Å². The van der Waals surface area contributed by atoms with E-state index in [0.29, 0.717) is 28.0 Å². The van der Waals surface area contributed by atoms with Gasteiger partial charge in [-0.05, 0) is 48.4 Å². The van der Waals surface area contributed by atoms with Gasteiger partial charge in [-0.1, -0.05) is 143 Å². The molecule has 0 saturated heterocycles. The monoisotopic (exact) mass is 636 g/mol. The molecule has 0 unspecified atom stereocenters. The Morgan fingerprint density at radius 3 is 1.27 bits per heavy atom. The predicted octanol–water partition coefficient (Wildman–Crippen LogP) is 11.9. The van der Waals surface area contributed by atoms with Crippen molar-refractivity contribution in [1.29, 1.82) is 0 Å². The molecule has 0 N–H and O–H groups in total. The van der Waals surface area contributed by atoms with E-state index in [0.717, 1.165) is 119 Å². The zero-order chi connectivity index (χ0) is 32.0. The van der Waals surface area contributed by atoms with E-state index in [4.69, 9.17) is 8.85 Å². The lowest BCUT2D eigenvalue weighted by Gasteiger charge is -2.38. The minimum Gasteiger partial charge on any atom is -0.541 e. The third-order valence-corrected chi connectivity index (χ3v) is 18.4. The summed E-state index contributed by atoms with van der Waals surface area (Å²) in [5.74, 6) is 1.16. The van der Waals surface area contributed by atoms with Crippen LogP contribution in [-0.2, 0) is 0 Å².